The Morgan fingerprint density at radius 1 is 0.867 bits per heavy atom. The Morgan fingerprint density at radius 3 is 2.10 bits per heavy atom. The van der Waals surface area contributed by atoms with Crippen molar-refractivity contribution in [1.82, 2.24) is 9.80 Å². The summed E-state index contributed by atoms with van der Waals surface area (Å²) in [5, 5.41) is 0. The molecular formula is C24H28N2O4. The van der Waals surface area contributed by atoms with Gasteiger partial charge in [-0.3, -0.25) is 19.3 Å². The predicted octanol–water partition coefficient (Wildman–Crippen LogP) is 2.93. The summed E-state index contributed by atoms with van der Waals surface area (Å²) in [6.07, 6.45) is -0.803. The van der Waals surface area contributed by atoms with Gasteiger partial charge in [0.2, 0.25) is 0 Å². The second-order valence-corrected chi connectivity index (χ2v) is 7.51. The molecule has 1 atom stereocenters. The molecule has 1 aliphatic heterocycles. The summed E-state index contributed by atoms with van der Waals surface area (Å²) >= 11 is 0. The third kappa shape index (κ3) is 6.26. The SMILES string of the molecule is CC(OC(=O)CCC(=O)c1ccccc1)C(=O)N1CCN(Cc2ccccc2)CC1. The van der Waals surface area contributed by atoms with Crippen molar-refractivity contribution < 1.29 is 19.1 Å². The van der Waals surface area contributed by atoms with Crippen LogP contribution in [0, 0.1) is 0 Å². The van der Waals surface area contributed by atoms with E-state index >= 15 is 0 Å². The average Bonchev–Trinajstić information content (AvgIpc) is 2.78. The van der Waals surface area contributed by atoms with Gasteiger partial charge < -0.3 is 9.64 Å². The lowest BCUT2D eigenvalue weighted by molar-refractivity contribution is -0.159. The van der Waals surface area contributed by atoms with Crippen molar-refractivity contribution in [3.05, 3.63) is 71.8 Å². The van der Waals surface area contributed by atoms with Crippen LogP contribution >= 0.6 is 0 Å². The first kappa shape index (κ1) is 21.7. The first-order valence-corrected chi connectivity index (χ1v) is 10.4. The highest BCUT2D eigenvalue weighted by molar-refractivity contribution is 5.97. The standard InChI is InChI=1S/C24H28N2O4/c1-19(30-23(28)13-12-22(27)21-10-6-3-7-11-21)24(29)26-16-14-25(15-17-26)18-20-8-4-2-5-9-20/h2-11,19H,12-18H2,1H3. The van der Waals surface area contributed by atoms with Crippen LogP contribution in [0.4, 0.5) is 0 Å². The van der Waals surface area contributed by atoms with E-state index in [1.165, 1.54) is 5.56 Å². The van der Waals surface area contributed by atoms with Crippen LogP contribution in [-0.4, -0.2) is 59.7 Å². The third-order valence-corrected chi connectivity index (χ3v) is 5.24. The van der Waals surface area contributed by atoms with E-state index in [1.54, 1.807) is 36.1 Å². The molecule has 6 heteroatoms. The number of amides is 1. The lowest BCUT2D eigenvalue weighted by atomic mass is 10.1. The fourth-order valence-electron chi connectivity index (χ4n) is 3.52. The number of hydrogen-bond acceptors (Lipinski definition) is 5. The van der Waals surface area contributed by atoms with Gasteiger partial charge in [-0.25, -0.2) is 0 Å². The zero-order valence-electron chi connectivity index (χ0n) is 17.3. The first-order chi connectivity index (χ1) is 14.5. The molecule has 0 bridgehead atoms. The fraction of sp³-hybridized carbons (Fsp3) is 0.375. The number of esters is 1. The van der Waals surface area contributed by atoms with Crippen LogP contribution in [0.25, 0.3) is 0 Å². The van der Waals surface area contributed by atoms with Crippen LogP contribution in [0.5, 0.6) is 0 Å². The van der Waals surface area contributed by atoms with Crippen molar-refractivity contribution in [2.75, 3.05) is 26.2 Å². The highest BCUT2D eigenvalue weighted by Gasteiger charge is 2.27. The predicted molar refractivity (Wildman–Crippen MR) is 114 cm³/mol. The average molecular weight is 408 g/mol. The molecule has 1 aliphatic rings. The highest BCUT2D eigenvalue weighted by Crippen LogP contribution is 2.11. The van der Waals surface area contributed by atoms with E-state index < -0.39 is 12.1 Å². The van der Waals surface area contributed by atoms with Gasteiger partial charge in [-0.15, -0.1) is 0 Å². The Hall–Kier alpha value is -2.99. The molecule has 0 aromatic heterocycles. The Labute approximate surface area is 177 Å². The van der Waals surface area contributed by atoms with Gasteiger partial charge in [0, 0.05) is 44.7 Å². The maximum Gasteiger partial charge on any atom is 0.307 e. The summed E-state index contributed by atoms with van der Waals surface area (Å²) < 4.78 is 5.28. The van der Waals surface area contributed by atoms with Gasteiger partial charge in [-0.1, -0.05) is 60.7 Å². The molecule has 1 fully saturated rings. The highest BCUT2D eigenvalue weighted by atomic mass is 16.5. The van der Waals surface area contributed by atoms with Gasteiger partial charge in [0.05, 0.1) is 6.42 Å². The Bertz CT molecular complexity index is 846. The van der Waals surface area contributed by atoms with Crippen LogP contribution < -0.4 is 0 Å². The maximum atomic E-state index is 12.6. The van der Waals surface area contributed by atoms with Gasteiger partial charge >= 0.3 is 5.97 Å². The van der Waals surface area contributed by atoms with Gasteiger partial charge in [-0.2, -0.15) is 0 Å². The molecule has 0 spiro atoms. The van der Waals surface area contributed by atoms with E-state index in [4.69, 9.17) is 4.74 Å². The van der Waals surface area contributed by atoms with E-state index in [2.05, 4.69) is 17.0 Å². The summed E-state index contributed by atoms with van der Waals surface area (Å²) in [5.41, 5.74) is 1.83. The second kappa shape index (κ2) is 10.7. The van der Waals surface area contributed by atoms with Crippen LogP contribution in [0.3, 0.4) is 0 Å². The van der Waals surface area contributed by atoms with Crippen molar-refractivity contribution in [1.29, 1.82) is 0 Å². The monoisotopic (exact) mass is 408 g/mol. The Morgan fingerprint density at radius 2 is 1.47 bits per heavy atom. The molecule has 0 saturated carbocycles. The Balaban J connectivity index is 1.39. The van der Waals surface area contributed by atoms with E-state index in [0.29, 0.717) is 18.7 Å². The van der Waals surface area contributed by atoms with Crippen LogP contribution in [-0.2, 0) is 20.9 Å². The minimum atomic E-state index is -0.843. The van der Waals surface area contributed by atoms with Gasteiger partial charge in [0.1, 0.15) is 0 Å². The van der Waals surface area contributed by atoms with Crippen molar-refractivity contribution in [2.24, 2.45) is 0 Å². The molecule has 0 radical (unpaired) electrons. The summed E-state index contributed by atoms with van der Waals surface area (Å²) in [7, 11) is 0. The largest absolute Gasteiger partial charge is 0.453 e. The Kier molecular flexibility index (Phi) is 7.74. The molecule has 2 aromatic carbocycles. The van der Waals surface area contributed by atoms with Gasteiger partial charge in [-0.05, 0) is 12.5 Å². The van der Waals surface area contributed by atoms with Crippen LogP contribution in [0.1, 0.15) is 35.7 Å². The quantitative estimate of drug-likeness (QED) is 0.496. The number of ketones is 1. The molecule has 30 heavy (non-hydrogen) atoms. The summed E-state index contributed by atoms with van der Waals surface area (Å²) in [6.45, 7) is 5.25. The van der Waals surface area contributed by atoms with Crippen molar-refractivity contribution >= 4 is 17.7 Å². The lowest BCUT2D eigenvalue weighted by Crippen LogP contribution is -2.51. The molecule has 0 N–H and O–H groups in total. The number of piperazine rings is 1. The number of carbonyl (C=O) groups excluding carboxylic acids is 3. The number of Topliss-reactive ketones (excluding diaryl/α,β-unsaturated/α-hetero) is 1. The van der Waals surface area contributed by atoms with Crippen molar-refractivity contribution in [3.8, 4) is 0 Å². The number of hydrogen-bond donors (Lipinski definition) is 0. The van der Waals surface area contributed by atoms with Crippen LogP contribution in [0.2, 0.25) is 0 Å². The molecule has 1 amide bonds. The second-order valence-electron chi connectivity index (χ2n) is 7.51. The first-order valence-electron chi connectivity index (χ1n) is 10.4. The molecule has 1 unspecified atom stereocenters. The molecule has 3 rings (SSSR count). The van der Waals surface area contributed by atoms with Gasteiger partial charge in [0.25, 0.3) is 5.91 Å². The maximum absolute atomic E-state index is 12.6. The number of rotatable bonds is 8. The molecule has 6 nitrogen and oxygen atoms in total. The molecular weight excluding hydrogens is 380 g/mol. The molecule has 0 aliphatic carbocycles. The molecule has 1 saturated heterocycles. The topological polar surface area (TPSA) is 66.9 Å². The normalized spacial score (nSPS) is 15.4. The third-order valence-electron chi connectivity index (χ3n) is 5.24. The smallest absolute Gasteiger partial charge is 0.307 e. The van der Waals surface area contributed by atoms with E-state index in [0.717, 1.165) is 19.6 Å². The summed E-state index contributed by atoms with van der Waals surface area (Å²) in [6, 6.07) is 19.1. The zero-order valence-corrected chi connectivity index (χ0v) is 17.3. The van der Waals surface area contributed by atoms with Crippen molar-refractivity contribution in [2.45, 2.75) is 32.4 Å². The van der Waals surface area contributed by atoms with Crippen molar-refractivity contribution in [3.63, 3.8) is 0 Å². The number of ether oxygens (including phenoxy) is 1. The van der Waals surface area contributed by atoms with Crippen LogP contribution in [0.15, 0.2) is 60.7 Å². The summed E-state index contributed by atoms with van der Waals surface area (Å²) in [5.74, 6) is -0.819. The van der Waals surface area contributed by atoms with E-state index in [-0.39, 0.29) is 24.5 Å². The fourth-order valence-corrected chi connectivity index (χ4v) is 3.52. The van der Waals surface area contributed by atoms with E-state index in [9.17, 15) is 14.4 Å². The minimum absolute atomic E-state index is 0.0315. The number of nitrogens with zero attached hydrogens (tertiary/aromatic N) is 2. The summed E-state index contributed by atoms with van der Waals surface area (Å²) in [4.78, 5) is 40.8. The lowest BCUT2D eigenvalue weighted by Gasteiger charge is -2.35. The number of carbonyl (C=O) groups is 3. The number of benzene rings is 2. The molecule has 158 valence electrons. The van der Waals surface area contributed by atoms with E-state index in [1.807, 2.05) is 24.3 Å². The molecule has 2 aromatic rings. The zero-order chi connectivity index (χ0) is 21.3. The van der Waals surface area contributed by atoms with Gasteiger partial charge in [0.15, 0.2) is 11.9 Å². The minimum Gasteiger partial charge on any atom is -0.453 e. The molecule has 1 heterocycles.